The van der Waals surface area contributed by atoms with Gasteiger partial charge in [-0.3, -0.25) is 0 Å². The maximum atomic E-state index is 9.33. The Morgan fingerprint density at radius 2 is 1.71 bits per heavy atom. The van der Waals surface area contributed by atoms with Crippen LogP contribution in [0.1, 0.15) is 25.0 Å². The maximum Gasteiger partial charge on any atom is 0.161 e. The molecule has 0 aliphatic rings. The van der Waals surface area contributed by atoms with Crippen molar-refractivity contribution in [3.63, 3.8) is 0 Å². The highest BCUT2D eigenvalue weighted by Crippen LogP contribution is 2.28. The van der Waals surface area contributed by atoms with E-state index >= 15 is 0 Å². The van der Waals surface area contributed by atoms with Crippen molar-refractivity contribution in [2.45, 2.75) is 32.5 Å². The van der Waals surface area contributed by atoms with Gasteiger partial charge in [-0.2, -0.15) is 0 Å². The van der Waals surface area contributed by atoms with E-state index in [9.17, 15) is 5.11 Å². The van der Waals surface area contributed by atoms with E-state index in [0.717, 1.165) is 17.7 Å². The summed E-state index contributed by atoms with van der Waals surface area (Å²) in [6, 6.07) is 13.5. The SMILES string of the molecule is COc1cc(C[NH2+]C(C)(C)CO)ccc1OCc1ccc(Cl)cc1. The van der Waals surface area contributed by atoms with E-state index in [1.165, 1.54) is 0 Å². The van der Waals surface area contributed by atoms with Crippen LogP contribution in [0.2, 0.25) is 5.02 Å². The number of ether oxygens (including phenoxy) is 2. The number of quaternary nitrogens is 1. The second-order valence-corrected chi connectivity index (χ2v) is 6.89. The molecule has 4 nitrogen and oxygen atoms in total. The second kappa shape index (κ2) is 8.38. The van der Waals surface area contributed by atoms with Gasteiger partial charge in [0.15, 0.2) is 11.5 Å². The first-order chi connectivity index (χ1) is 11.4. The molecule has 5 heteroatoms. The number of aliphatic hydroxyl groups excluding tert-OH is 1. The molecule has 0 radical (unpaired) electrons. The minimum Gasteiger partial charge on any atom is -0.493 e. The predicted octanol–water partition coefficient (Wildman–Crippen LogP) is 2.76. The van der Waals surface area contributed by atoms with Gasteiger partial charge in [0, 0.05) is 10.6 Å². The van der Waals surface area contributed by atoms with Crippen molar-refractivity contribution in [2.24, 2.45) is 0 Å². The average molecular weight is 351 g/mol. The number of methoxy groups -OCH3 is 1. The summed E-state index contributed by atoms with van der Waals surface area (Å²) in [6.45, 7) is 5.37. The second-order valence-electron chi connectivity index (χ2n) is 6.46. The summed E-state index contributed by atoms with van der Waals surface area (Å²) in [5, 5.41) is 12.1. The number of rotatable bonds is 8. The molecule has 0 amide bonds. The largest absolute Gasteiger partial charge is 0.493 e. The minimum atomic E-state index is -0.197. The Morgan fingerprint density at radius 3 is 2.33 bits per heavy atom. The zero-order chi connectivity index (χ0) is 17.6. The van der Waals surface area contributed by atoms with Crippen LogP contribution in [0.4, 0.5) is 0 Å². The van der Waals surface area contributed by atoms with Crippen molar-refractivity contribution >= 4 is 11.6 Å². The predicted molar refractivity (Wildman–Crippen MR) is 95.6 cm³/mol. The standard InChI is InChI=1S/C19H24ClNO3/c1-19(2,13-22)21-11-15-6-9-17(18(10-15)23-3)24-12-14-4-7-16(20)8-5-14/h4-10,21-22H,11-13H2,1-3H3/p+1. The van der Waals surface area contributed by atoms with Crippen molar-refractivity contribution in [2.75, 3.05) is 13.7 Å². The quantitative estimate of drug-likeness (QED) is 0.769. The molecular weight excluding hydrogens is 326 g/mol. The Labute approximate surface area is 148 Å². The Hall–Kier alpha value is -1.75. The van der Waals surface area contributed by atoms with E-state index in [1.54, 1.807) is 7.11 Å². The van der Waals surface area contributed by atoms with Crippen LogP contribution in [0.5, 0.6) is 11.5 Å². The number of halogens is 1. The topological polar surface area (TPSA) is 55.3 Å². The highest BCUT2D eigenvalue weighted by atomic mass is 35.5. The molecule has 0 fully saturated rings. The van der Waals surface area contributed by atoms with Crippen molar-refractivity contribution in [3.05, 3.63) is 58.6 Å². The number of hydrogen-bond acceptors (Lipinski definition) is 3. The van der Waals surface area contributed by atoms with Crippen LogP contribution in [-0.4, -0.2) is 24.4 Å². The summed E-state index contributed by atoms with van der Waals surface area (Å²) in [6.07, 6.45) is 0. The third-order valence-corrected chi connectivity index (χ3v) is 4.09. The lowest BCUT2D eigenvalue weighted by molar-refractivity contribution is -0.736. The molecule has 2 aromatic carbocycles. The number of aliphatic hydroxyl groups is 1. The summed E-state index contributed by atoms with van der Waals surface area (Å²) in [7, 11) is 1.63. The van der Waals surface area contributed by atoms with Gasteiger partial charge < -0.3 is 19.9 Å². The van der Waals surface area contributed by atoms with E-state index < -0.39 is 0 Å². The van der Waals surface area contributed by atoms with Gasteiger partial charge in [-0.1, -0.05) is 23.7 Å². The van der Waals surface area contributed by atoms with E-state index in [-0.39, 0.29) is 12.1 Å². The fourth-order valence-electron chi connectivity index (χ4n) is 2.16. The minimum absolute atomic E-state index is 0.131. The third-order valence-electron chi connectivity index (χ3n) is 3.83. The Balaban J connectivity index is 2.01. The van der Waals surface area contributed by atoms with E-state index in [2.05, 4.69) is 5.32 Å². The molecule has 0 aliphatic heterocycles. The lowest BCUT2D eigenvalue weighted by atomic mass is 10.1. The van der Waals surface area contributed by atoms with Gasteiger partial charge in [0.2, 0.25) is 0 Å². The molecule has 2 rings (SSSR count). The number of nitrogens with two attached hydrogens (primary N) is 1. The normalized spacial score (nSPS) is 11.4. The number of hydrogen-bond donors (Lipinski definition) is 2. The van der Waals surface area contributed by atoms with Crippen LogP contribution < -0.4 is 14.8 Å². The molecule has 0 aromatic heterocycles. The third kappa shape index (κ3) is 5.41. The molecule has 0 unspecified atom stereocenters. The lowest BCUT2D eigenvalue weighted by Gasteiger charge is -2.20. The smallest absolute Gasteiger partial charge is 0.161 e. The lowest BCUT2D eigenvalue weighted by Crippen LogP contribution is -2.95. The van der Waals surface area contributed by atoms with Gasteiger partial charge in [-0.25, -0.2) is 0 Å². The maximum absolute atomic E-state index is 9.33. The summed E-state index contributed by atoms with van der Waals surface area (Å²) >= 11 is 5.89. The van der Waals surface area contributed by atoms with Crippen LogP contribution in [0.3, 0.4) is 0 Å². The van der Waals surface area contributed by atoms with E-state index in [0.29, 0.717) is 23.1 Å². The molecule has 3 N–H and O–H groups in total. The van der Waals surface area contributed by atoms with Crippen molar-refractivity contribution in [1.82, 2.24) is 0 Å². The van der Waals surface area contributed by atoms with Crippen molar-refractivity contribution in [3.8, 4) is 11.5 Å². The summed E-state index contributed by atoms with van der Waals surface area (Å²) in [5.74, 6) is 1.41. The summed E-state index contributed by atoms with van der Waals surface area (Å²) in [4.78, 5) is 0. The van der Waals surface area contributed by atoms with Crippen LogP contribution in [0, 0.1) is 0 Å². The molecular formula is C19H25ClNO3+. The highest BCUT2D eigenvalue weighted by Gasteiger charge is 2.19. The Kier molecular flexibility index (Phi) is 6.49. The van der Waals surface area contributed by atoms with Crippen molar-refractivity contribution < 1.29 is 19.9 Å². The van der Waals surface area contributed by atoms with E-state index in [1.807, 2.05) is 56.3 Å². The summed E-state index contributed by atoms with van der Waals surface area (Å²) < 4.78 is 11.3. The monoisotopic (exact) mass is 350 g/mol. The fraction of sp³-hybridized carbons (Fsp3) is 0.368. The van der Waals surface area contributed by atoms with Gasteiger partial charge in [0.1, 0.15) is 18.7 Å². The fourth-order valence-corrected chi connectivity index (χ4v) is 2.28. The first-order valence-electron chi connectivity index (χ1n) is 7.93. The zero-order valence-corrected chi connectivity index (χ0v) is 15.1. The van der Waals surface area contributed by atoms with Crippen LogP contribution in [-0.2, 0) is 13.2 Å². The van der Waals surface area contributed by atoms with E-state index in [4.69, 9.17) is 21.1 Å². The molecule has 24 heavy (non-hydrogen) atoms. The van der Waals surface area contributed by atoms with Gasteiger partial charge >= 0.3 is 0 Å². The molecule has 0 atom stereocenters. The zero-order valence-electron chi connectivity index (χ0n) is 14.4. The molecule has 0 aliphatic carbocycles. The molecule has 2 aromatic rings. The molecule has 0 bridgehead atoms. The van der Waals surface area contributed by atoms with Crippen LogP contribution >= 0.6 is 11.6 Å². The Morgan fingerprint density at radius 1 is 1.04 bits per heavy atom. The first-order valence-corrected chi connectivity index (χ1v) is 8.31. The van der Waals surface area contributed by atoms with Gasteiger partial charge in [0.25, 0.3) is 0 Å². The Bertz CT molecular complexity index is 656. The summed E-state index contributed by atoms with van der Waals surface area (Å²) in [5.41, 5.74) is 1.97. The number of benzene rings is 2. The van der Waals surface area contributed by atoms with Gasteiger partial charge in [-0.15, -0.1) is 0 Å². The first kappa shape index (κ1) is 18.6. The molecule has 0 spiro atoms. The van der Waals surface area contributed by atoms with Crippen LogP contribution in [0.25, 0.3) is 0 Å². The average Bonchev–Trinajstić information content (AvgIpc) is 2.60. The highest BCUT2D eigenvalue weighted by molar-refractivity contribution is 6.30. The molecule has 0 saturated carbocycles. The molecule has 0 saturated heterocycles. The molecule has 0 heterocycles. The van der Waals surface area contributed by atoms with Crippen LogP contribution in [0.15, 0.2) is 42.5 Å². The van der Waals surface area contributed by atoms with Gasteiger partial charge in [0.05, 0.1) is 13.7 Å². The van der Waals surface area contributed by atoms with Gasteiger partial charge in [-0.05, 0) is 49.7 Å². The van der Waals surface area contributed by atoms with Crippen molar-refractivity contribution in [1.29, 1.82) is 0 Å². The molecule has 130 valence electrons.